The first kappa shape index (κ1) is 20.5. The number of fused-ring (bicyclic) bond motifs is 1. The van der Waals surface area contributed by atoms with E-state index in [0.29, 0.717) is 5.92 Å². The highest BCUT2D eigenvalue weighted by molar-refractivity contribution is 7.09. The summed E-state index contributed by atoms with van der Waals surface area (Å²) in [5.41, 5.74) is 3.27. The van der Waals surface area contributed by atoms with Crippen molar-refractivity contribution in [3.63, 3.8) is 0 Å². The van der Waals surface area contributed by atoms with E-state index in [0.717, 1.165) is 79.4 Å². The number of piperazine rings is 1. The summed E-state index contributed by atoms with van der Waals surface area (Å²) in [6.45, 7) is 6.16. The minimum atomic E-state index is 0.0868. The predicted octanol–water partition coefficient (Wildman–Crippen LogP) is 4.02. The summed E-state index contributed by atoms with van der Waals surface area (Å²) < 4.78 is 1.78. The van der Waals surface area contributed by atoms with Crippen LogP contribution in [0.25, 0.3) is 16.9 Å². The molecule has 5 heterocycles. The number of amides is 1. The smallest absolute Gasteiger partial charge is 0.254 e. The molecule has 0 atom stereocenters. The maximum atomic E-state index is 13.8. The molecule has 0 unspecified atom stereocenters. The van der Waals surface area contributed by atoms with E-state index in [1.54, 1.807) is 22.2 Å². The lowest BCUT2D eigenvalue weighted by Gasteiger charge is -2.34. The van der Waals surface area contributed by atoms with Gasteiger partial charge in [0.05, 0.1) is 16.6 Å². The Balaban J connectivity index is 1.32. The lowest BCUT2D eigenvalue weighted by Crippen LogP contribution is -2.48. The Morgan fingerprint density at radius 3 is 2.67 bits per heavy atom. The first-order chi connectivity index (χ1) is 16.2. The Bertz CT molecular complexity index is 1290. The first-order valence-corrected chi connectivity index (χ1v) is 12.4. The van der Waals surface area contributed by atoms with E-state index in [9.17, 15) is 4.79 Å². The average Bonchev–Trinajstić information content (AvgIpc) is 3.48. The molecule has 0 N–H and O–H groups in total. The molecule has 2 fully saturated rings. The van der Waals surface area contributed by atoms with Gasteiger partial charge in [-0.25, -0.2) is 9.97 Å². The van der Waals surface area contributed by atoms with Crippen molar-refractivity contribution in [2.45, 2.75) is 32.2 Å². The van der Waals surface area contributed by atoms with Crippen molar-refractivity contribution >= 4 is 28.3 Å². The molecule has 168 valence electrons. The van der Waals surface area contributed by atoms with E-state index in [1.807, 2.05) is 36.1 Å². The van der Waals surface area contributed by atoms with Gasteiger partial charge in [0, 0.05) is 55.4 Å². The quantitative estimate of drug-likeness (QED) is 0.452. The second-order valence-electron chi connectivity index (χ2n) is 8.90. The highest BCUT2D eigenvalue weighted by Crippen LogP contribution is 2.41. The highest BCUT2D eigenvalue weighted by atomic mass is 32.1. The molecular weight excluding hydrogens is 432 g/mol. The molecule has 6 rings (SSSR count). The van der Waals surface area contributed by atoms with Crippen molar-refractivity contribution in [2.24, 2.45) is 0 Å². The fourth-order valence-electron chi connectivity index (χ4n) is 4.61. The Labute approximate surface area is 196 Å². The van der Waals surface area contributed by atoms with Crippen LogP contribution in [0.2, 0.25) is 0 Å². The monoisotopic (exact) mass is 458 g/mol. The topological polar surface area (TPSA) is 67.2 Å². The van der Waals surface area contributed by atoms with Crippen LogP contribution < -0.4 is 0 Å². The van der Waals surface area contributed by atoms with Crippen LogP contribution in [0.5, 0.6) is 0 Å². The zero-order chi connectivity index (χ0) is 22.4. The number of nitrogens with zero attached hydrogens (tertiary/aromatic N) is 6. The average molecular weight is 459 g/mol. The summed E-state index contributed by atoms with van der Waals surface area (Å²) in [4.78, 5) is 29.0. The van der Waals surface area contributed by atoms with Crippen LogP contribution in [0.4, 0.5) is 0 Å². The van der Waals surface area contributed by atoms with Gasteiger partial charge in [-0.2, -0.15) is 9.78 Å². The van der Waals surface area contributed by atoms with Crippen LogP contribution in [0.3, 0.4) is 0 Å². The van der Waals surface area contributed by atoms with Crippen molar-refractivity contribution in [2.75, 3.05) is 26.2 Å². The maximum absolute atomic E-state index is 13.8. The summed E-state index contributed by atoms with van der Waals surface area (Å²) in [5.74, 6) is 1.25. The summed E-state index contributed by atoms with van der Waals surface area (Å²) >= 11 is 1.79. The molecule has 0 radical (unpaired) electrons. The zero-order valence-corrected chi connectivity index (χ0v) is 19.5. The number of rotatable bonds is 5. The van der Waals surface area contributed by atoms with E-state index in [2.05, 4.69) is 27.4 Å². The Morgan fingerprint density at radius 2 is 1.97 bits per heavy atom. The molecule has 2 aliphatic rings. The third-order valence-corrected chi connectivity index (χ3v) is 7.41. The van der Waals surface area contributed by atoms with Crippen LogP contribution in [0, 0.1) is 6.92 Å². The summed E-state index contributed by atoms with van der Waals surface area (Å²) in [6, 6.07) is 12.1. The summed E-state index contributed by atoms with van der Waals surface area (Å²) in [7, 11) is 0. The number of carbonyl (C=O) groups is 1. The van der Waals surface area contributed by atoms with Crippen LogP contribution in [0.15, 0.2) is 48.0 Å². The van der Waals surface area contributed by atoms with Crippen LogP contribution in [0.1, 0.15) is 45.4 Å². The van der Waals surface area contributed by atoms with Gasteiger partial charge in [0.2, 0.25) is 0 Å². The Hall–Kier alpha value is -3.10. The number of carbonyl (C=O) groups excluding carboxylic acids is 1. The SMILES string of the molecule is Cc1nn(-c2ccccn2)c2nc(C3CC3)cc(C(=O)N3CCN(Cc4cccs4)CC3)c12. The molecule has 4 aromatic rings. The minimum absolute atomic E-state index is 0.0868. The summed E-state index contributed by atoms with van der Waals surface area (Å²) in [6.07, 6.45) is 4.01. The van der Waals surface area contributed by atoms with Crippen molar-refractivity contribution in [3.8, 4) is 5.82 Å². The molecule has 8 heteroatoms. The number of aromatic nitrogens is 4. The zero-order valence-electron chi connectivity index (χ0n) is 18.6. The van der Waals surface area contributed by atoms with Crippen LogP contribution >= 0.6 is 11.3 Å². The number of pyridine rings is 2. The largest absolute Gasteiger partial charge is 0.336 e. The van der Waals surface area contributed by atoms with Crippen LogP contribution in [-0.2, 0) is 6.54 Å². The molecule has 33 heavy (non-hydrogen) atoms. The number of thiophene rings is 1. The van der Waals surface area contributed by atoms with E-state index in [4.69, 9.17) is 10.1 Å². The molecular formula is C25H26N6OS. The van der Waals surface area contributed by atoms with E-state index < -0.39 is 0 Å². The standard InChI is InChI=1S/C25H26N6OS/c1-17-23-20(25(32)30-12-10-29(11-13-30)16-19-5-4-14-33-19)15-21(18-7-8-18)27-24(23)31(28-17)22-6-2-3-9-26-22/h2-6,9,14-15,18H,7-8,10-13,16H2,1H3. The fraction of sp³-hybridized carbons (Fsp3) is 0.360. The lowest BCUT2D eigenvalue weighted by molar-refractivity contribution is 0.0631. The molecule has 4 aromatic heterocycles. The lowest BCUT2D eigenvalue weighted by atomic mass is 10.1. The molecule has 1 saturated carbocycles. The van der Waals surface area contributed by atoms with Gasteiger partial charge in [-0.15, -0.1) is 11.3 Å². The second-order valence-corrected chi connectivity index (χ2v) is 9.93. The van der Waals surface area contributed by atoms with E-state index in [1.165, 1.54) is 4.88 Å². The molecule has 0 aromatic carbocycles. The third kappa shape index (κ3) is 3.94. The van der Waals surface area contributed by atoms with Gasteiger partial charge in [-0.3, -0.25) is 9.69 Å². The van der Waals surface area contributed by atoms with Gasteiger partial charge < -0.3 is 4.90 Å². The predicted molar refractivity (Wildman–Crippen MR) is 129 cm³/mol. The molecule has 1 aliphatic heterocycles. The van der Waals surface area contributed by atoms with Gasteiger partial charge in [-0.05, 0) is 49.4 Å². The van der Waals surface area contributed by atoms with E-state index >= 15 is 0 Å². The van der Waals surface area contributed by atoms with Gasteiger partial charge in [0.25, 0.3) is 5.91 Å². The molecule has 0 spiro atoms. The maximum Gasteiger partial charge on any atom is 0.254 e. The van der Waals surface area contributed by atoms with Gasteiger partial charge >= 0.3 is 0 Å². The van der Waals surface area contributed by atoms with Crippen molar-refractivity contribution in [1.29, 1.82) is 0 Å². The third-order valence-electron chi connectivity index (χ3n) is 6.54. The Morgan fingerprint density at radius 1 is 1.12 bits per heavy atom. The van der Waals surface area contributed by atoms with Crippen molar-refractivity contribution in [3.05, 3.63) is 69.8 Å². The molecule has 1 saturated heterocycles. The molecule has 0 bridgehead atoms. The molecule has 1 aliphatic carbocycles. The Kier molecular flexibility index (Phi) is 5.19. The van der Waals surface area contributed by atoms with Gasteiger partial charge in [-0.1, -0.05) is 12.1 Å². The fourth-order valence-corrected chi connectivity index (χ4v) is 5.35. The highest BCUT2D eigenvalue weighted by Gasteiger charge is 2.31. The van der Waals surface area contributed by atoms with E-state index in [-0.39, 0.29) is 5.91 Å². The second kappa shape index (κ2) is 8.35. The van der Waals surface area contributed by atoms with Gasteiger partial charge in [0.1, 0.15) is 0 Å². The number of hydrogen-bond acceptors (Lipinski definition) is 6. The molecule has 1 amide bonds. The van der Waals surface area contributed by atoms with Crippen molar-refractivity contribution < 1.29 is 4.79 Å². The summed E-state index contributed by atoms with van der Waals surface area (Å²) in [5, 5.41) is 7.70. The first-order valence-electron chi connectivity index (χ1n) is 11.5. The number of hydrogen-bond donors (Lipinski definition) is 0. The minimum Gasteiger partial charge on any atom is -0.336 e. The molecule has 7 nitrogen and oxygen atoms in total. The van der Waals surface area contributed by atoms with Crippen LogP contribution in [-0.4, -0.2) is 61.6 Å². The van der Waals surface area contributed by atoms with Crippen molar-refractivity contribution in [1.82, 2.24) is 29.5 Å². The van der Waals surface area contributed by atoms with Gasteiger partial charge in [0.15, 0.2) is 11.5 Å². The number of aryl methyl sites for hydroxylation is 1. The normalized spacial score (nSPS) is 17.1.